The lowest BCUT2D eigenvalue weighted by Crippen LogP contribution is -2.44. The van der Waals surface area contributed by atoms with Gasteiger partial charge in [0, 0.05) is 18.3 Å². The molecule has 1 unspecified atom stereocenters. The smallest absolute Gasteiger partial charge is 0.291 e. The first-order valence-electron chi connectivity index (χ1n) is 9.14. The van der Waals surface area contributed by atoms with Crippen molar-refractivity contribution in [1.29, 1.82) is 0 Å². The first-order valence-corrected chi connectivity index (χ1v) is 11.0. The molecule has 1 atom stereocenters. The minimum Gasteiger partial charge on any atom is -0.459 e. The molecule has 8 nitrogen and oxygen atoms in total. The number of halogens is 1. The minimum atomic E-state index is -2.95. The number of hydrogen-bond donors (Lipinski definition) is 3. The van der Waals surface area contributed by atoms with Crippen molar-refractivity contribution < 1.29 is 17.6 Å². The van der Waals surface area contributed by atoms with E-state index in [1.807, 2.05) is 25.1 Å². The lowest BCUT2D eigenvalue weighted by molar-refractivity contribution is 0.0996. The van der Waals surface area contributed by atoms with Crippen molar-refractivity contribution in [2.75, 3.05) is 23.4 Å². The second-order valence-corrected chi connectivity index (χ2v) is 8.80. The lowest BCUT2D eigenvalue weighted by Gasteiger charge is -2.16. The van der Waals surface area contributed by atoms with Gasteiger partial charge in [0.15, 0.2) is 21.6 Å². The SMILES string of the molecule is CCNC(=NCc1cccc(NC(=O)c2ccco2)c1)NC1CCS(=O)(=O)C1.I. The Bertz CT molecular complexity index is 945. The second-order valence-electron chi connectivity index (χ2n) is 6.57. The first-order chi connectivity index (χ1) is 13.4. The fraction of sp³-hybridized carbons (Fsp3) is 0.368. The van der Waals surface area contributed by atoms with E-state index in [0.717, 1.165) is 5.56 Å². The summed E-state index contributed by atoms with van der Waals surface area (Å²) < 4.78 is 28.3. The number of carbonyl (C=O) groups excluding carboxylic acids is 1. The van der Waals surface area contributed by atoms with Crippen molar-refractivity contribution >= 4 is 51.4 Å². The number of nitrogens with one attached hydrogen (secondary N) is 3. The maximum atomic E-state index is 12.1. The molecule has 1 aromatic carbocycles. The predicted octanol–water partition coefficient (Wildman–Crippen LogP) is 2.39. The normalized spacial score (nSPS) is 18.0. The average molecular weight is 532 g/mol. The van der Waals surface area contributed by atoms with Gasteiger partial charge in [-0.3, -0.25) is 4.79 Å². The number of carbonyl (C=O) groups is 1. The molecule has 1 fully saturated rings. The van der Waals surface area contributed by atoms with Crippen LogP contribution in [0.5, 0.6) is 0 Å². The number of nitrogens with zero attached hydrogens (tertiary/aromatic N) is 1. The summed E-state index contributed by atoms with van der Waals surface area (Å²) in [5.74, 6) is 0.846. The van der Waals surface area contributed by atoms with Crippen LogP contribution in [0.4, 0.5) is 5.69 Å². The molecule has 10 heteroatoms. The summed E-state index contributed by atoms with van der Waals surface area (Å²) in [6.45, 7) is 3.01. The van der Waals surface area contributed by atoms with Crippen molar-refractivity contribution in [1.82, 2.24) is 10.6 Å². The van der Waals surface area contributed by atoms with Crippen molar-refractivity contribution in [2.24, 2.45) is 4.99 Å². The van der Waals surface area contributed by atoms with Crippen LogP contribution in [0.25, 0.3) is 0 Å². The molecule has 1 amide bonds. The van der Waals surface area contributed by atoms with Crippen LogP contribution in [0.1, 0.15) is 29.5 Å². The Hall–Kier alpha value is -2.08. The third-order valence-corrected chi connectivity index (χ3v) is 6.04. The molecule has 0 radical (unpaired) electrons. The standard InChI is InChI=1S/C19H24N4O4S.HI/c1-2-20-19(23-16-8-10-28(25,26)13-16)21-12-14-5-3-6-15(11-14)22-18(24)17-7-4-9-27-17;/h3-7,9,11,16H,2,8,10,12-13H2,1H3,(H,22,24)(H2,20,21,23);1H. The van der Waals surface area contributed by atoms with Gasteiger partial charge in [-0.2, -0.15) is 0 Å². The topological polar surface area (TPSA) is 113 Å². The number of amides is 1. The predicted molar refractivity (Wildman–Crippen MR) is 124 cm³/mol. The van der Waals surface area contributed by atoms with Crippen molar-refractivity contribution in [2.45, 2.75) is 25.9 Å². The van der Waals surface area contributed by atoms with Gasteiger partial charge < -0.3 is 20.4 Å². The van der Waals surface area contributed by atoms with E-state index in [1.54, 1.807) is 18.2 Å². The summed E-state index contributed by atoms with van der Waals surface area (Å²) >= 11 is 0. The van der Waals surface area contributed by atoms with Crippen molar-refractivity contribution in [3.05, 3.63) is 54.0 Å². The zero-order valence-corrected chi connectivity index (χ0v) is 19.2. The Morgan fingerprint density at radius 3 is 2.76 bits per heavy atom. The molecule has 29 heavy (non-hydrogen) atoms. The number of furan rings is 1. The quantitative estimate of drug-likeness (QED) is 0.299. The number of benzene rings is 1. The fourth-order valence-corrected chi connectivity index (χ4v) is 4.61. The van der Waals surface area contributed by atoms with Gasteiger partial charge in [0.2, 0.25) is 0 Å². The van der Waals surface area contributed by atoms with Gasteiger partial charge in [0.05, 0.1) is 24.3 Å². The van der Waals surface area contributed by atoms with Gasteiger partial charge in [-0.15, -0.1) is 24.0 Å². The summed E-state index contributed by atoms with van der Waals surface area (Å²) in [4.78, 5) is 16.6. The highest BCUT2D eigenvalue weighted by atomic mass is 127. The van der Waals surface area contributed by atoms with Crippen molar-refractivity contribution in [3.8, 4) is 0 Å². The lowest BCUT2D eigenvalue weighted by atomic mass is 10.2. The molecular formula is C19H25IN4O4S. The molecule has 0 saturated carbocycles. The van der Waals surface area contributed by atoms with E-state index < -0.39 is 9.84 Å². The number of aliphatic imine (C=N–C) groups is 1. The molecule has 158 valence electrons. The van der Waals surface area contributed by atoms with E-state index in [1.165, 1.54) is 6.26 Å². The van der Waals surface area contributed by atoms with Crippen LogP contribution in [0, 0.1) is 0 Å². The highest BCUT2D eigenvalue weighted by molar-refractivity contribution is 14.0. The van der Waals surface area contributed by atoms with Gasteiger partial charge in [-0.1, -0.05) is 12.1 Å². The van der Waals surface area contributed by atoms with E-state index in [2.05, 4.69) is 20.9 Å². The molecule has 0 bridgehead atoms. The van der Waals surface area contributed by atoms with E-state index in [0.29, 0.717) is 31.2 Å². The van der Waals surface area contributed by atoms with Gasteiger partial charge in [-0.05, 0) is 43.2 Å². The number of guanidine groups is 1. The molecule has 1 saturated heterocycles. The molecular weight excluding hydrogens is 507 g/mol. The van der Waals surface area contributed by atoms with Crippen LogP contribution in [0.2, 0.25) is 0 Å². The number of anilines is 1. The summed E-state index contributed by atoms with van der Waals surface area (Å²) in [5, 5.41) is 9.11. The maximum absolute atomic E-state index is 12.1. The van der Waals surface area contributed by atoms with Crippen LogP contribution >= 0.6 is 24.0 Å². The van der Waals surface area contributed by atoms with E-state index >= 15 is 0 Å². The zero-order chi connectivity index (χ0) is 20.0. The fourth-order valence-electron chi connectivity index (χ4n) is 2.94. The van der Waals surface area contributed by atoms with Gasteiger partial charge in [0.25, 0.3) is 5.91 Å². The Morgan fingerprint density at radius 2 is 2.10 bits per heavy atom. The zero-order valence-electron chi connectivity index (χ0n) is 16.1. The maximum Gasteiger partial charge on any atom is 0.291 e. The molecule has 1 aliphatic heterocycles. The highest BCUT2D eigenvalue weighted by Crippen LogP contribution is 2.14. The third-order valence-electron chi connectivity index (χ3n) is 4.27. The van der Waals surface area contributed by atoms with Crippen LogP contribution in [0.3, 0.4) is 0 Å². The van der Waals surface area contributed by atoms with Crippen LogP contribution in [-0.4, -0.2) is 44.4 Å². The van der Waals surface area contributed by atoms with Gasteiger partial charge >= 0.3 is 0 Å². The molecule has 1 aliphatic rings. The number of sulfone groups is 1. The Balaban J connectivity index is 0.00000300. The molecule has 0 aliphatic carbocycles. The van der Waals surface area contributed by atoms with Crippen LogP contribution < -0.4 is 16.0 Å². The van der Waals surface area contributed by atoms with E-state index in [4.69, 9.17) is 4.42 Å². The minimum absolute atomic E-state index is 0. The van der Waals surface area contributed by atoms with Gasteiger partial charge in [-0.25, -0.2) is 13.4 Å². The number of hydrogen-bond acceptors (Lipinski definition) is 5. The largest absolute Gasteiger partial charge is 0.459 e. The molecule has 0 spiro atoms. The van der Waals surface area contributed by atoms with Crippen molar-refractivity contribution in [3.63, 3.8) is 0 Å². The van der Waals surface area contributed by atoms with E-state index in [-0.39, 0.29) is 53.2 Å². The Kier molecular flexibility index (Phi) is 8.50. The summed E-state index contributed by atoms with van der Waals surface area (Å²) in [5.41, 5.74) is 1.56. The Morgan fingerprint density at radius 1 is 1.28 bits per heavy atom. The average Bonchev–Trinajstić information content (AvgIpc) is 3.30. The second kappa shape index (κ2) is 10.6. The molecule has 3 N–H and O–H groups in total. The molecule has 2 heterocycles. The summed E-state index contributed by atoms with van der Waals surface area (Å²) in [6, 6.07) is 10.5. The summed E-state index contributed by atoms with van der Waals surface area (Å²) in [7, 11) is -2.95. The van der Waals surface area contributed by atoms with Gasteiger partial charge in [0.1, 0.15) is 0 Å². The van der Waals surface area contributed by atoms with E-state index in [9.17, 15) is 13.2 Å². The molecule has 3 rings (SSSR count). The molecule has 2 aromatic rings. The molecule has 1 aromatic heterocycles. The Labute approximate surface area is 187 Å². The van der Waals surface area contributed by atoms with Crippen LogP contribution in [0.15, 0.2) is 52.1 Å². The number of rotatable bonds is 6. The highest BCUT2D eigenvalue weighted by Gasteiger charge is 2.28. The van der Waals surface area contributed by atoms with Crippen LogP contribution in [-0.2, 0) is 16.4 Å². The monoisotopic (exact) mass is 532 g/mol. The first kappa shape index (κ1) is 23.2. The summed E-state index contributed by atoms with van der Waals surface area (Å²) in [6.07, 6.45) is 2.03. The third kappa shape index (κ3) is 7.03.